The first-order valence-corrected chi connectivity index (χ1v) is 5.95. The molecule has 0 saturated carbocycles. The normalized spacial score (nSPS) is 11.3. The number of nitrogens with zero attached hydrogens (tertiary/aromatic N) is 1. The van der Waals surface area contributed by atoms with E-state index in [9.17, 15) is 10.2 Å². The van der Waals surface area contributed by atoms with Crippen molar-refractivity contribution < 1.29 is 14.7 Å². The summed E-state index contributed by atoms with van der Waals surface area (Å²) >= 11 is 12.1. The Balaban J connectivity index is 2.73. The largest absolute Gasteiger partial charge is 0.364 e. The fraction of sp³-hybridized carbons (Fsp3) is 0.250. The van der Waals surface area contributed by atoms with Gasteiger partial charge in [0.15, 0.2) is 12.1 Å². The molecule has 0 saturated heterocycles. The average Bonchev–Trinajstić information content (AvgIpc) is 2.70. The van der Waals surface area contributed by atoms with Gasteiger partial charge >= 0.3 is 0 Å². The van der Waals surface area contributed by atoms with Crippen molar-refractivity contribution in [1.82, 2.24) is 5.16 Å². The zero-order valence-electron chi connectivity index (χ0n) is 9.74. The highest BCUT2D eigenvalue weighted by molar-refractivity contribution is 6.43. The van der Waals surface area contributed by atoms with Crippen molar-refractivity contribution in [3.8, 4) is 11.3 Å². The van der Waals surface area contributed by atoms with Gasteiger partial charge in [0.05, 0.1) is 15.7 Å². The van der Waals surface area contributed by atoms with Crippen LogP contribution in [0.3, 0.4) is 0 Å². The lowest BCUT2D eigenvalue weighted by molar-refractivity contribution is -0.0428. The topological polar surface area (TPSA) is 66.5 Å². The van der Waals surface area contributed by atoms with E-state index in [0.29, 0.717) is 27.6 Å². The van der Waals surface area contributed by atoms with Gasteiger partial charge in [0, 0.05) is 17.2 Å². The summed E-state index contributed by atoms with van der Waals surface area (Å²) in [5.74, 6) is 0.444. The zero-order valence-corrected chi connectivity index (χ0v) is 11.2. The molecule has 6 heteroatoms. The van der Waals surface area contributed by atoms with Crippen LogP contribution in [0.15, 0.2) is 16.7 Å². The Bertz CT molecular complexity index is 593. The number of aromatic nitrogens is 1. The van der Waals surface area contributed by atoms with Crippen LogP contribution in [-0.4, -0.2) is 15.4 Å². The highest BCUT2D eigenvalue weighted by Gasteiger charge is 2.20. The summed E-state index contributed by atoms with van der Waals surface area (Å²) < 4.78 is 5.15. The summed E-state index contributed by atoms with van der Waals surface area (Å²) in [5, 5.41) is 22.9. The lowest BCUT2D eigenvalue weighted by Crippen LogP contribution is -2.00. The van der Waals surface area contributed by atoms with E-state index in [4.69, 9.17) is 27.7 Å². The van der Waals surface area contributed by atoms with Crippen LogP contribution in [0.25, 0.3) is 11.3 Å². The first-order chi connectivity index (χ1) is 8.41. The van der Waals surface area contributed by atoms with Gasteiger partial charge in [-0.05, 0) is 25.5 Å². The van der Waals surface area contributed by atoms with Crippen molar-refractivity contribution in [3.63, 3.8) is 0 Å². The summed E-state index contributed by atoms with van der Waals surface area (Å²) in [7, 11) is 0. The highest BCUT2D eigenvalue weighted by atomic mass is 35.5. The molecule has 2 N–H and O–H groups in total. The predicted octanol–water partition coefficient (Wildman–Crippen LogP) is 3.25. The Hall–Kier alpha value is -1.07. The quantitative estimate of drug-likeness (QED) is 0.832. The number of halogens is 2. The van der Waals surface area contributed by atoms with Crippen LogP contribution in [0.2, 0.25) is 10.0 Å². The van der Waals surface area contributed by atoms with Gasteiger partial charge in [-0.1, -0.05) is 28.4 Å². The van der Waals surface area contributed by atoms with Crippen LogP contribution in [0.5, 0.6) is 0 Å². The van der Waals surface area contributed by atoms with Gasteiger partial charge in [-0.25, -0.2) is 0 Å². The molecular formula is C12H11Cl2NO3. The molecule has 0 spiro atoms. The number of aliphatic hydroxyl groups is 2. The Morgan fingerprint density at radius 1 is 1.22 bits per heavy atom. The molecule has 18 heavy (non-hydrogen) atoms. The van der Waals surface area contributed by atoms with Crippen molar-refractivity contribution in [2.45, 2.75) is 20.1 Å². The van der Waals surface area contributed by atoms with Gasteiger partial charge in [-0.2, -0.15) is 0 Å². The number of hydrogen-bond donors (Lipinski definition) is 2. The number of hydrogen-bond acceptors (Lipinski definition) is 4. The maximum Gasteiger partial charge on any atom is 0.178 e. The molecule has 1 aromatic carbocycles. The smallest absolute Gasteiger partial charge is 0.178 e. The van der Waals surface area contributed by atoms with E-state index in [-0.39, 0.29) is 10.6 Å². The van der Waals surface area contributed by atoms with E-state index in [2.05, 4.69) is 5.16 Å². The van der Waals surface area contributed by atoms with Crippen molar-refractivity contribution in [3.05, 3.63) is 39.0 Å². The van der Waals surface area contributed by atoms with Crippen molar-refractivity contribution in [2.75, 3.05) is 0 Å². The monoisotopic (exact) mass is 287 g/mol. The maximum absolute atomic E-state index is 9.30. The molecule has 4 nitrogen and oxygen atoms in total. The molecule has 96 valence electrons. The minimum absolute atomic E-state index is 0.231. The maximum atomic E-state index is 9.30. The van der Waals surface area contributed by atoms with E-state index >= 15 is 0 Å². The molecule has 0 atom stereocenters. The van der Waals surface area contributed by atoms with Crippen LogP contribution in [0.1, 0.15) is 23.1 Å². The average molecular weight is 288 g/mol. The minimum Gasteiger partial charge on any atom is -0.364 e. The van der Waals surface area contributed by atoms with Gasteiger partial charge in [-0.3, -0.25) is 0 Å². The second kappa shape index (κ2) is 4.90. The van der Waals surface area contributed by atoms with Crippen LogP contribution >= 0.6 is 23.2 Å². The lowest BCUT2D eigenvalue weighted by Gasteiger charge is -2.14. The number of rotatable bonds is 2. The zero-order chi connectivity index (χ0) is 13.4. The fourth-order valence-electron chi connectivity index (χ4n) is 1.78. The Labute approximate surface area is 114 Å². The predicted molar refractivity (Wildman–Crippen MR) is 68.6 cm³/mol. The Morgan fingerprint density at radius 2 is 1.89 bits per heavy atom. The van der Waals surface area contributed by atoms with Crippen LogP contribution < -0.4 is 0 Å². The molecule has 0 aliphatic rings. The SMILES string of the molecule is Cc1cc(-c2c(C)c(C(O)O)cc(Cl)c2Cl)on1. The molecule has 0 radical (unpaired) electrons. The first-order valence-electron chi connectivity index (χ1n) is 5.20. The molecule has 0 unspecified atom stereocenters. The van der Waals surface area contributed by atoms with Gasteiger partial charge in [0.2, 0.25) is 0 Å². The van der Waals surface area contributed by atoms with E-state index in [1.807, 2.05) is 0 Å². The molecule has 0 aliphatic heterocycles. The van der Waals surface area contributed by atoms with Gasteiger partial charge in [0.1, 0.15) is 0 Å². The molecule has 0 aliphatic carbocycles. The third kappa shape index (κ3) is 2.24. The number of aryl methyl sites for hydroxylation is 1. The summed E-state index contributed by atoms with van der Waals surface area (Å²) in [6.07, 6.45) is -1.62. The summed E-state index contributed by atoms with van der Waals surface area (Å²) in [6, 6.07) is 3.13. The van der Waals surface area contributed by atoms with Crippen LogP contribution in [0, 0.1) is 13.8 Å². The molecule has 0 amide bonds. The Morgan fingerprint density at radius 3 is 2.39 bits per heavy atom. The summed E-state index contributed by atoms with van der Waals surface area (Å²) in [5.41, 5.74) is 2.10. The molecule has 2 aromatic rings. The molecular weight excluding hydrogens is 277 g/mol. The van der Waals surface area contributed by atoms with Crippen LogP contribution in [0.4, 0.5) is 0 Å². The second-order valence-electron chi connectivity index (χ2n) is 3.97. The highest BCUT2D eigenvalue weighted by Crippen LogP contribution is 2.39. The molecule has 0 bridgehead atoms. The van der Waals surface area contributed by atoms with Crippen molar-refractivity contribution in [2.24, 2.45) is 0 Å². The third-order valence-electron chi connectivity index (χ3n) is 2.67. The molecule has 1 heterocycles. The molecule has 2 rings (SSSR count). The second-order valence-corrected chi connectivity index (χ2v) is 4.75. The number of benzene rings is 1. The Kier molecular flexibility index (Phi) is 3.64. The molecule has 1 aromatic heterocycles. The fourth-order valence-corrected chi connectivity index (χ4v) is 2.28. The van der Waals surface area contributed by atoms with E-state index in [1.54, 1.807) is 19.9 Å². The number of aliphatic hydroxyl groups excluding tert-OH is 1. The van der Waals surface area contributed by atoms with Crippen molar-refractivity contribution >= 4 is 23.2 Å². The summed E-state index contributed by atoms with van der Waals surface area (Å²) in [6.45, 7) is 3.49. The van der Waals surface area contributed by atoms with Gasteiger partial charge < -0.3 is 14.7 Å². The minimum atomic E-state index is -1.62. The molecule has 0 fully saturated rings. The van der Waals surface area contributed by atoms with Gasteiger partial charge in [0.25, 0.3) is 0 Å². The standard InChI is InChI=1S/C12H11Cl2NO3/c1-5-3-9(18-15-5)10-6(2)7(12(16)17)4-8(13)11(10)14/h3-4,12,16-17H,1-2H3. The van der Waals surface area contributed by atoms with E-state index in [1.165, 1.54) is 6.07 Å². The van der Waals surface area contributed by atoms with E-state index in [0.717, 1.165) is 0 Å². The van der Waals surface area contributed by atoms with Crippen LogP contribution in [-0.2, 0) is 0 Å². The van der Waals surface area contributed by atoms with Gasteiger partial charge in [-0.15, -0.1) is 0 Å². The third-order valence-corrected chi connectivity index (χ3v) is 3.46. The van der Waals surface area contributed by atoms with Crippen molar-refractivity contribution in [1.29, 1.82) is 0 Å². The summed E-state index contributed by atoms with van der Waals surface area (Å²) in [4.78, 5) is 0. The van der Waals surface area contributed by atoms with E-state index < -0.39 is 6.29 Å². The lowest BCUT2D eigenvalue weighted by atomic mass is 10.00. The first kappa shape index (κ1) is 13.4.